The lowest BCUT2D eigenvalue weighted by atomic mass is 9.49. The van der Waals surface area contributed by atoms with E-state index >= 15 is 0 Å². The van der Waals surface area contributed by atoms with E-state index in [0.717, 1.165) is 23.3 Å². The van der Waals surface area contributed by atoms with E-state index < -0.39 is 0 Å². The van der Waals surface area contributed by atoms with Crippen molar-refractivity contribution in [3.8, 4) is 11.5 Å². The summed E-state index contributed by atoms with van der Waals surface area (Å²) in [4.78, 5) is 24.8. The fourth-order valence-electron chi connectivity index (χ4n) is 6.62. The van der Waals surface area contributed by atoms with Gasteiger partial charge in [-0.25, -0.2) is 0 Å². The van der Waals surface area contributed by atoms with Crippen molar-refractivity contribution < 1.29 is 19.1 Å². The van der Waals surface area contributed by atoms with E-state index in [-0.39, 0.29) is 23.8 Å². The highest BCUT2D eigenvalue weighted by Crippen LogP contribution is 2.61. The van der Waals surface area contributed by atoms with E-state index in [1.807, 2.05) is 18.2 Å². The number of benzene rings is 1. The quantitative estimate of drug-likeness (QED) is 0.773. The van der Waals surface area contributed by atoms with Gasteiger partial charge in [-0.3, -0.25) is 9.59 Å². The van der Waals surface area contributed by atoms with E-state index in [1.54, 1.807) is 0 Å². The minimum atomic E-state index is -0.182. The Hall–Kier alpha value is -2.24. The zero-order valence-electron chi connectivity index (χ0n) is 16.9. The van der Waals surface area contributed by atoms with Crippen molar-refractivity contribution in [2.75, 3.05) is 19.8 Å². The second-order valence-corrected chi connectivity index (χ2v) is 9.59. The van der Waals surface area contributed by atoms with Gasteiger partial charge in [-0.2, -0.15) is 0 Å². The van der Waals surface area contributed by atoms with Crippen LogP contribution in [0.4, 0.5) is 0 Å². The van der Waals surface area contributed by atoms with Crippen LogP contribution in [0.25, 0.3) is 0 Å². The molecule has 29 heavy (non-hydrogen) atoms. The predicted molar refractivity (Wildman–Crippen MR) is 108 cm³/mol. The number of hydrogen-bond acceptors (Lipinski definition) is 4. The van der Waals surface area contributed by atoms with Crippen LogP contribution < -0.4 is 20.1 Å². The Morgan fingerprint density at radius 2 is 1.62 bits per heavy atom. The Morgan fingerprint density at radius 1 is 0.931 bits per heavy atom. The van der Waals surface area contributed by atoms with Gasteiger partial charge in [-0.1, -0.05) is 12.1 Å². The molecule has 5 aliphatic rings. The normalized spacial score (nSPS) is 31.4. The number of amides is 2. The zero-order valence-corrected chi connectivity index (χ0v) is 16.9. The summed E-state index contributed by atoms with van der Waals surface area (Å²) in [5.74, 6) is 3.76. The van der Waals surface area contributed by atoms with Gasteiger partial charge in [0, 0.05) is 18.5 Å². The van der Waals surface area contributed by atoms with Crippen LogP contribution in [0.3, 0.4) is 0 Å². The second kappa shape index (κ2) is 7.54. The highest BCUT2D eigenvalue weighted by atomic mass is 16.6. The molecule has 0 radical (unpaired) electrons. The smallest absolute Gasteiger partial charge is 0.239 e. The number of nitrogens with one attached hydrogen (secondary N) is 2. The van der Waals surface area contributed by atoms with Crippen LogP contribution >= 0.6 is 0 Å². The first kappa shape index (κ1) is 18.8. The molecule has 6 heteroatoms. The van der Waals surface area contributed by atoms with E-state index in [1.165, 1.54) is 38.5 Å². The molecule has 2 N–H and O–H groups in total. The first-order chi connectivity index (χ1) is 14.1. The predicted octanol–water partition coefficient (Wildman–Crippen LogP) is 2.80. The first-order valence-electron chi connectivity index (χ1n) is 11.0. The van der Waals surface area contributed by atoms with Crippen molar-refractivity contribution in [2.45, 2.75) is 51.5 Å². The van der Waals surface area contributed by atoms with E-state index in [4.69, 9.17) is 9.47 Å². The number of carbonyl (C=O) groups is 2. The van der Waals surface area contributed by atoms with Crippen molar-refractivity contribution in [3.05, 3.63) is 23.8 Å². The van der Waals surface area contributed by atoms with Crippen LogP contribution in [-0.4, -0.2) is 31.6 Å². The highest BCUT2D eigenvalue weighted by Gasteiger charge is 2.51. The molecule has 1 heterocycles. The highest BCUT2D eigenvalue weighted by molar-refractivity contribution is 5.85. The van der Waals surface area contributed by atoms with Gasteiger partial charge in [0.15, 0.2) is 11.5 Å². The number of hydrogen-bond donors (Lipinski definition) is 2. The molecule has 6 nitrogen and oxygen atoms in total. The van der Waals surface area contributed by atoms with Crippen molar-refractivity contribution in [1.29, 1.82) is 0 Å². The maximum atomic E-state index is 12.6. The molecular formula is C23H30N2O4. The number of carbonyl (C=O) groups excluding carboxylic acids is 2. The van der Waals surface area contributed by atoms with Gasteiger partial charge in [0.25, 0.3) is 0 Å². The molecule has 1 aliphatic heterocycles. The molecule has 4 aliphatic carbocycles. The van der Waals surface area contributed by atoms with E-state index in [9.17, 15) is 9.59 Å². The van der Waals surface area contributed by atoms with Gasteiger partial charge in [-0.15, -0.1) is 0 Å². The Labute approximate surface area is 171 Å². The second-order valence-electron chi connectivity index (χ2n) is 9.59. The molecule has 0 spiro atoms. The lowest BCUT2D eigenvalue weighted by Crippen LogP contribution is -2.48. The molecular weight excluding hydrogens is 368 g/mol. The van der Waals surface area contributed by atoms with Gasteiger partial charge < -0.3 is 20.1 Å². The first-order valence-corrected chi connectivity index (χ1v) is 11.0. The summed E-state index contributed by atoms with van der Waals surface area (Å²) >= 11 is 0. The summed E-state index contributed by atoms with van der Waals surface area (Å²) in [6, 6.07) is 5.67. The van der Waals surface area contributed by atoms with Crippen LogP contribution in [0, 0.1) is 23.2 Å². The van der Waals surface area contributed by atoms with Crippen LogP contribution in [0.15, 0.2) is 18.2 Å². The molecule has 2 amide bonds. The molecule has 1 aromatic carbocycles. The van der Waals surface area contributed by atoms with E-state index in [2.05, 4.69) is 10.6 Å². The Kier molecular flexibility index (Phi) is 4.88. The third kappa shape index (κ3) is 3.94. The molecule has 0 atom stereocenters. The van der Waals surface area contributed by atoms with Gasteiger partial charge in [-0.05, 0) is 67.8 Å². The molecule has 156 valence electrons. The lowest BCUT2D eigenvalue weighted by molar-refractivity contribution is -0.131. The number of fused-ring (bicyclic) bond motifs is 1. The molecule has 4 saturated carbocycles. The summed E-state index contributed by atoms with van der Waals surface area (Å²) in [5, 5.41) is 5.72. The average molecular weight is 399 g/mol. The van der Waals surface area contributed by atoms with Crippen molar-refractivity contribution >= 4 is 11.8 Å². The number of rotatable bonds is 6. The van der Waals surface area contributed by atoms with Gasteiger partial charge in [0.2, 0.25) is 11.8 Å². The fourth-order valence-corrected chi connectivity index (χ4v) is 6.62. The number of ether oxygens (including phenoxy) is 2. The van der Waals surface area contributed by atoms with Crippen molar-refractivity contribution in [3.63, 3.8) is 0 Å². The number of para-hydroxylation sites is 1. The van der Waals surface area contributed by atoms with E-state index in [0.29, 0.717) is 37.7 Å². The van der Waals surface area contributed by atoms with Gasteiger partial charge in [0.05, 0.1) is 6.54 Å². The maximum absolute atomic E-state index is 12.6. The fraction of sp³-hybridized carbons (Fsp3) is 0.652. The van der Waals surface area contributed by atoms with Gasteiger partial charge in [0.1, 0.15) is 13.2 Å². The SMILES string of the molecule is O=C(CNC(=O)CC12CC3CC(CC(C3)C1)C2)NCc1cccc2c1OCCO2. The third-order valence-corrected chi connectivity index (χ3v) is 7.27. The van der Waals surface area contributed by atoms with Crippen LogP contribution in [0.5, 0.6) is 11.5 Å². The summed E-state index contributed by atoms with van der Waals surface area (Å²) in [6.45, 7) is 1.44. The molecule has 1 aromatic rings. The molecule has 0 saturated heterocycles. The minimum Gasteiger partial charge on any atom is -0.486 e. The molecule has 0 aromatic heterocycles. The van der Waals surface area contributed by atoms with Crippen LogP contribution in [0.1, 0.15) is 50.5 Å². The molecule has 6 rings (SSSR count). The standard InChI is InChI=1S/C23H30N2O4/c26-20(12-23-9-15-6-16(10-23)8-17(7-15)11-23)25-14-21(27)24-13-18-2-1-3-19-22(18)29-5-4-28-19/h1-3,15-17H,4-14H2,(H,24,27)(H,25,26). The largest absolute Gasteiger partial charge is 0.486 e. The van der Waals surface area contributed by atoms with Crippen molar-refractivity contribution in [2.24, 2.45) is 23.2 Å². The Bertz CT molecular complexity index is 771. The zero-order chi connectivity index (χ0) is 19.8. The molecule has 4 bridgehead atoms. The molecule has 0 unspecified atom stereocenters. The maximum Gasteiger partial charge on any atom is 0.239 e. The minimum absolute atomic E-state index is 0.0240. The molecule has 4 fully saturated rings. The van der Waals surface area contributed by atoms with Gasteiger partial charge >= 0.3 is 0 Å². The Balaban J connectivity index is 1.10. The summed E-state index contributed by atoms with van der Waals surface area (Å²) in [6.07, 6.45) is 8.34. The monoisotopic (exact) mass is 398 g/mol. The van der Waals surface area contributed by atoms with Crippen molar-refractivity contribution in [1.82, 2.24) is 10.6 Å². The Morgan fingerprint density at radius 3 is 2.34 bits per heavy atom. The lowest BCUT2D eigenvalue weighted by Gasteiger charge is -2.56. The summed E-state index contributed by atoms with van der Waals surface area (Å²) in [7, 11) is 0. The topological polar surface area (TPSA) is 76.7 Å². The van der Waals surface area contributed by atoms with Crippen LogP contribution in [-0.2, 0) is 16.1 Å². The summed E-state index contributed by atoms with van der Waals surface area (Å²) < 4.78 is 11.2. The van der Waals surface area contributed by atoms with Crippen LogP contribution in [0.2, 0.25) is 0 Å². The average Bonchev–Trinajstić information content (AvgIpc) is 2.69. The third-order valence-electron chi connectivity index (χ3n) is 7.27. The summed E-state index contributed by atoms with van der Waals surface area (Å²) in [5.41, 5.74) is 1.09.